The van der Waals surface area contributed by atoms with Crippen molar-refractivity contribution in [3.05, 3.63) is 104 Å². The Labute approximate surface area is 163 Å². The quantitative estimate of drug-likeness (QED) is 0.476. The van der Waals surface area contributed by atoms with E-state index in [1.807, 2.05) is 6.07 Å². The first-order valence-corrected chi connectivity index (χ1v) is 9.30. The molecule has 0 aliphatic rings. The Morgan fingerprint density at radius 1 is 0.852 bits per heavy atom. The van der Waals surface area contributed by atoms with Gasteiger partial charge in [-0.25, -0.2) is 4.57 Å². The van der Waals surface area contributed by atoms with Crippen LogP contribution in [0.2, 0.25) is 5.02 Å². The van der Waals surface area contributed by atoms with E-state index in [0.29, 0.717) is 21.3 Å². The van der Waals surface area contributed by atoms with Crippen molar-refractivity contribution in [3.63, 3.8) is 0 Å². The standard InChI is InChI=1S/C21H12ClNO3S/c22-16-9-5-4-8-15(16)20(25)23-17-11-10-14(12-18(17)27-21(23)26)19(24)13-6-2-1-3-7-13/h1-12H. The topological polar surface area (TPSA) is 56.1 Å². The van der Waals surface area contributed by atoms with Crippen LogP contribution in [0.15, 0.2) is 77.6 Å². The molecule has 4 nitrogen and oxygen atoms in total. The fraction of sp³-hybridized carbons (Fsp3) is 0. The third kappa shape index (κ3) is 3.12. The van der Waals surface area contributed by atoms with E-state index in [4.69, 9.17) is 11.6 Å². The molecular formula is C21H12ClNO3S. The first-order valence-electron chi connectivity index (χ1n) is 8.11. The van der Waals surface area contributed by atoms with E-state index in [-0.39, 0.29) is 16.4 Å². The van der Waals surface area contributed by atoms with Crippen molar-refractivity contribution in [2.75, 3.05) is 0 Å². The number of ketones is 1. The van der Waals surface area contributed by atoms with E-state index in [9.17, 15) is 14.4 Å². The van der Waals surface area contributed by atoms with Crippen molar-refractivity contribution in [2.45, 2.75) is 0 Å². The maximum atomic E-state index is 12.8. The van der Waals surface area contributed by atoms with Gasteiger partial charge in [-0.05, 0) is 30.3 Å². The zero-order chi connectivity index (χ0) is 19.0. The smallest absolute Gasteiger partial charge is 0.289 e. The number of halogens is 1. The van der Waals surface area contributed by atoms with Crippen LogP contribution in [0.5, 0.6) is 0 Å². The lowest BCUT2D eigenvalue weighted by Gasteiger charge is -2.05. The summed E-state index contributed by atoms with van der Waals surface area (Å²) in [5, 5.41) is 0.282. The highest BCUT2D eigenvalue weighted by Gasteiger charge is 2.19. The van der Waals surface area contributed by atoms with E-state index in [1.54, 1.807) is 66.7 Å². The van der Waals surface area contributed by atoms with Gasteiger partial charge in [-0.2, -0.15) is 0 Å². The van der Waals surface area contributed by atoms with Crippen LogP contribution in [0.1, 0.15) is 26.3 Å². The molecule has 0 saturated heterocycles. The number of fused-ring (bicyclic) bond motifs is 1. The Hall–Kier alpha value is -3.02. The van der Waals surface area contributed by atoms with E-state index in [2.05, 4.69) is 0 Å². The molecule has 1 heterocycles. The second-order valence-electron chi connectivity index (χ2n) is 5.87. The number of hydrogen-bond acceptors (Lipinski definition) is 4. The zero-order valence-corrected chi connectivity index (χ0v) is 15.5. The highest BCUT2D eigenvalue weighted by molar-refractivity contribution is 7.16. The van der Waals surface area contributed by atoms with Gasteiger partial charge in [0.15, 0.2) is 5.78 Å². The SMILES string of the molecule is O=C(c1ccccc1)c1ccc2c(c1)sc(=O)n2C(=O)c1ccccc1Cl. The largest absolute Gasteiger partial charge is 0.315 e. The molecule has 0 aliphatic carbocycles. The van der Waals surface area contributed by atoms with Crippen molar-refractivity contribution >= 4 is 44.8 Å². The van der Waals surface area contributed by atoms with Crippen LogP contribution in [0, 0.1) is 0 Å². The summed E-state index contributed by atoms with van der Waals surface area (Å²) in [6, 6.07) is 20.4. The lowest BCUT2D eigenvalue weighted by atomic mass is 10.0. The summed E-state index contributed by atoms with van der Waals surface area (Å²) in [5.74, 6) is -0.624. The summed E-state index contributed by atoms with van der Waals surface area (Å²) in [6.07, 6.45) is 0. The minimum atomic E-state index is -0.487. The Kier molecular flexibility index (Phi) is 4.48. The fourth-order valence-electron chi connectivity index (χ4n) is 2.86. The van der Waals surface area contributed by atoms with Gasteiger partial charge in [-0.1, -0.05) is 65.4 Å². The van der Waals surface area contributed by atoms with Gasteiger partial charge in [0.05, 0.1) is 20.8 Å². The number of aromatic nitrogens is 1. The third-order valence-corrected chi connectivity index (χ3v) is 5.42. The fourth-order valence-corrected chi connectivity index (χ4v) is 3.99. The minimum absolute atomic E-state index is 0.137. The van der Waals surface area contributed by atoms with Gasteiger partial charge in [0.2, 0.25) is 0 Å². The Morgan fingerprint density at radius 2 is 1.56 bits per heavy atom. The van der Waals surface area contributed by atoms with Crippen LogP contribution in [0.3, 0.4) is 0 Å². The zero-order valence-electron chi connectivity index (χ0n) is 13.9. The van der Waals surface area contributed by atoms with E-state index in [1.165, 1.54) is 0 Å². The van der Waals surface area contributed by atoms with Gasteiger partial charge in [-0.15, -0.1) is 0 Å². The monoisotopic (exact) mass is 393 g/mol. The number of carbonyl (C=O) groups excluding carboxylic acids is 2. The molecular weight excluding hydrogens is 382 g/mol. The Morgan fingerprint density at radius 3 is 2.30 bits per heavy atom. The van der Waals surface area contributed by atoms with Crippen molar-refractivity contribution in [1.29, 1.82) is 0 Å². The lowest BCUT2D eigenvalue weighted by Crippen LogP contribution is -2.22. The first kappa shape index (κ1) is 17.4. The molecule has 0 bridgehead atoms. The number of carbonyl (C=O) groups is 2. The van der Waals surface area contributed by atoms with Crippen LogP contribution in [-0.2, 0) is 0 Å². The third-order valence-electron chi connectivity index (χ3n) is 4.19. The molecule has 4 aromatic rings. The van der Waals surface area contributed by atoms with Crippen LogP contribution < -0.4 is 4.87 Å². The molecule has 0 spiro atoms. The summed E-state index contributed by atoms with van der Waals surface area (Å²) in [7, 11) is 0. The predicted molar refractivity (Wildman–Crippen MR) is 107 cm³/mol. The number of thiazole rings is 1. The number of rotatable bonds is 3. The average molecular weight is 394 g/mol. The molecule has 1 aromatic heterocycles. The minimum Gasteiger partial charge on any atom is -0.289 e. The summed E-state index contributed by atoms with van der Waals surface area (Å²) in [6.45, 7) is 0. The van der Waals surface area contributed by atoms with Gasteiger partial charge in [-0.3, -0.25) is 14.4 Å². The molecule has 3 aromatic carbocycles. The van der Waals surface area contributed by atoms with Crippen LogP contribution in [0.4, 0.5) is 0 Å². The van der Waals surface area contributed by atoms with Gasteiger partial charge in [0.1, 0.15) is 0 Å². The van der Waals surface area contributed by atoms with E-state index < -0.39 is 10.8 Å². The Balaban J connectivity index is 1.80. The normalized spacial score (nSPS) is 10.9. The predicted octanol–water partition coefficient (Wildman–Crippen LogP) is 4.64. The van der Waals surface area contributed by atoms with Crippen molar-refractivity contribution < 1.29 is 9.59 Å². The number of nitrogens with zero attached hydrogens (tertiary/aromatic N) is 1. The average Bonchev–Trinajstić information content (AvgIpc) is 3.02. The number of benzene rings is 3. The second-order valence-corrected chi connectivity index (χ2v) is 7.27. The summed E-state index contributed by atoms with van der Waals surface area (Å²) >= 11 is 7.02. The maximum Gasteiger partial charge on any atom is 0.315 e. The van der Waals surface area contributed by atoms with Crippen LogP contribution in [0.25, 0.3) is 10.2 Å². The maximum absolute atomic E-state index is 12.8. The second kappa shape index (κ2) is 6.95. The van der Waals surface area contributed by atoms with Gasteiger partial charge < -0.3 is 0 Å². The molecule has 4 rings (SSSR count). The molecule has 0 saturated carbocycles. The molecule has 6 heteroatoms. The summed E-state index contributed by atoms with van der Waals surface area (Å²) < 4.78 is 1.67. The highest BCUT2D eigenvalue weighted by Crippen LogP contribution is 2.23. The van der Waals surface area contributed by atoms with Crippen molar-refractivity contribution in [1.82, 2.24) is 4.57 Å². The Bertz CT molecular complexity index is 1240. The molecule has 0 atom stereocenters. The van der Waals surface area contributed by atoms with Crippen molar-refractivity contribution in [3.8, 4) is 0 Å². The molecule has 0 fully saturated rings. The molecule has 0 amide bonds. The van der Waals surface area contributed by atoms with Gasteiger partial charge in [0, 0.05) is 11.1 Å². The molecule has 0 aliphatic heterocycles. The molecule has 0 radical (unpaired) electrons. The first-order chi connectivity index (χ1) is 13.1. The van der Waals surface area contributed by atoms with Crippen LogP contribution >= 0.6 is 22.9 Å². The van der Waals surface area contributed by atoms with Crippen molar-refractivity contribution in [2.24, 2.45) is 0 Å². The molecule has 132 valence electrons. The van der Waals surface area contributed by atoms with Gasteiger partial charge >= 0.3 is 4.87 Å². The summed E-state index contributed by atoms with van der Waals surface area (Å²) in [4.78, 5) is 37.5. The number of hydrogen-bond donors (Lipinski definition) is 0. The van der Waals surface area contributed by atoms with E-state index in [0.717, 1.165) is 15.9 Å². The van der Waals surface area contributed by atoms with E-state index >= 15 is 0 Å². The van der Waals surface area contributed by atoms with Gasteiger partial charge in [0.25, 0.3) is 5.91 Å². The van der Waals surface area contributed by atoms with Crippen LogP contribution in [-0.4, -0.2) is 16.3 Å². The lowest BCUT2D eigenvalue weighted by molar-refractivity contribution is 0.0962. The summed E-state index contributed by atoms with van der Waals surface area (Å²) in [5.41, 5.74) is 1.74. The molecule has 0 N–H and O–H groups in total. The molecule has 27 heavy (non-hydrogen) atoms. The highest BCUT2D eigenvalue weighted by atomic mass is 35.5. The molecule has 0 unspecified atom stereocenters.